The van der Waals surface area contributed by atoms with Crippen molar-refractivity contribution in [1.82, 2.24) is 15.1 Å². The molecule has 0 bridgehead atoms. The summed E-state index contributed by atoms with van der Waals surface area (Å²) >= 11 is 0. The van der Waals surface area contributed by atoms with Crippen LogP contribution in [0.5, 0.6) is 0 Å². The van der Waals surface area contributed by atoms with Crippen LogP contribution in [0.2, 0.25) is 0 Å². The van der Waals surface area contributed by atoms with Crippen LogP contribution in [0.4, 0.5) is 13.2 Å². The standard InChI is InChI=1S/C24H21F3N4O/c1-13-8-14(2)20(9-19(13)22-21(24(25,26)27)15(3)29-30-22)23(32)31-11-18(12-31)17-6-4-16(10-28)5-7-17/h4-9,18H,11-12H2,1-3H3,(H,29,30). The van der Waals surface area contributed by atoms with E-state index in [0.29, 0.717) is 40.9 Å². The van der Waals surface area contributed by atoms with Crippen molar-refractivity contribution in [3.05, 3.63) is 75.5 Å². The number of aryl methyl sites for hydroxylation is 3. The minimum Gasteiger partial charge on any atom is -0.337 e. The van der Waals surface area contributed by atoms with Gasteiger partial charge in [-0.2, -0.15) is 23.5 Å². The summed E-state index contributed by atoms with van der Waals surface area (Å²) in [7, 11) is 0. The third-order valence-corrected chi connectivity index (χ3v) is 5.97. The first-order valence-corrected chi connectivity index (χ1v) is 10.1. The van der Waals surface area contributed by atoms with E-state index in [2.05, 4.69) is 16.3 Å². The first-order chi connectivity index (χ1) is 15.1. The monoisotopic (exact) mass is 438 g/mol. The molecule has 1 aliphatic rings. The van der Waals surface area contributed by atoms with Crippen molar-refractivity contribution in [1.29, 1.82) is 5.26 Å². The minimum absolute atomic E-state index is 0.0617. The second kappa shape index (κ2) is 7.83. The second-order valence-corrected chi connectivity index (χ2v) is 8.19. The number of aromatic amines is 1. The number of nitrogens with one attached hydrogen (secondary N) is 1. The summed E-state index contributed by atoms with van der Waals surface area (Å²) in [6.45, 7) is 5.86. The Kier molecular flexibility index (Phi) is 5.29. The van der Waals surface area contributed by atoms with Crippen LogP contribution in [0.3, 0.4) is 0 Å². The third-order valence-electron chi connectivity index (χ3n) is 5.97. The molecular weight excluding hydrogens is 417 g/mol. The van der Waals surface area contributed by atoms with E-state index in [1.54, 1.807) is 36.9 Å². The Bertz CT molecular complexity index is 1230. The number of H-pyrrole nitrogens is 1. The molecule has 0 radical (unpaired) electrons. The van der Waals surface area contributed by atoms with Gasteiger partial charge in [0.15, 0.2) is 0 Å². The van der Waals surface area contributed by atoms with Crippen molar-refractivity contribution in [2.75, 3.05) is 13.1 Å². The van der Waals surface area contributed by atoms with Crippen LogP contribution in [0.15, 0.2) is 36.4 Å². The number of likely N-dealkylation sites (tertiary alicyclic amines) is 1. The molecule has 2 heterocycles. The first kappa shape index (κ1) is 21.6. The molecule has 32 heavy (non-hydrogen) atoms. The number of hydrogen-bond donors (Lipinski definition) is 1. The van der Waals surface area contributed by atoms with Crippen molar-refractivity contribution in [3.63, 3.8) is 0 Å². The molecule has 0 spiro atoms. The van der Waals surface area contributed by atoms with Gasteiger partial charge in [-0.05, 0) is 55.7 Å². The van der Waals surface area contributed by atoms with Crippen LogP contribution in [0.25, 0.3) is 11.3 Å². The number of hydrogen-bond acceptors (Lipinski definition) is 3. The zero-order valence-corrected chi connectivity index (χ0v) is 17.8. The smallest absolute Gasteiger partial charge is 0.337 e. The molecule has 0 saturated carbocycles. The number of aromatic nitrogens is 2. The van der Waals surface area contributed by atoms with Gasteiger partial charge in [-0.1, -0.05) is 18.2 Å². The van der Waals surface area contributed by atoms with Crippen molar-refractivity contribution in [2.24, 2.45) is 0 Å². The predicted octanol–water partition coefficient (Wildman–Crippen LogP) is 5.13. The molecule has 164 valence electrons. The van der Waals surface area contributed by atoms with Gasteiger partial charge in [-0.25, -0.2) is 0 Å². The van der Waals surface area contributed by atoms with Gasteiger partial charge in [0, 0.05) is 35.8 Å². The summed E-state index contributed by atoms with van der Waals surface area (Å²) < 4.78 is 40.8. The highest BCUT2D eigenvalue weighted by Gasteiger charge is 2.39. The fourth-order valence-corrected chi connectivity index (χ4v) is 4.16. The molecule has 0 unspecified atom stereocenters. The molecule has 1 amide bonds. The lowest BCUT2D eigenvalue weighted by atomic mass is 9.89. The van der Waals surface area contributed by atoms with Crippen molar-refractivity contribution >= 4 is 5.91 Å². The lowest BCUT2D eigenvalue weighted by Crippen LogP contribution is -2.48. The van der Waals surface area contributed by atoms with E-state index in [1.807, 2.05) is 12.1 Å². The molecule has 1 aromatic heterocycles. The van der Waals surface area contributed by atoms with Gasteiger partial charge < -0.3 is 4.90 Å². The number of alkyl halides is 3. The van der Waals surface area contributed by atoms with Gasteiger partial charge in [0.25, 0.3) is 5.91 Å². The Morgan fingerprint density at radius 3 is 2.38 bits per heavy atom. The minimum atomic E-state index is -4.56. The van der Waals surface area contributed by atoms with Crippen LogP contribution >= 0.6 is 0 Å². The summed E-state index contributed by atoms with van der Waals surface area (Å²) in [6.07, 6.45) is -4.56. The van der Waals surface area contributed by atoms with E-state index in [0.717, 1.165) is 5.56 Å². The van der Waals surface area contributed by atoms with Crippen molar-refractivity contribution in [2.45, 2.75) is 32.9 Å². The summed E-state index contributed by atoms with van der Waals surface area (Å²) in [5.41, 5.74) is 2.56. The molecule has 5 nitrogen and oxygen atoms in total. The number of carbonyl (C=O) groups is 1. The number of benzene rings is 2. The van der Waals surface area contributed by atoms with E-state index in [4.69, 9.17) is 5.26 Å². The molecule has 0 aliphatic carbocycles. The van der Waals surface area contributed by atoms with Gasteiger partial charge in [0.2, 0.25) is 0 Å². The average molecular weight is 438 g/mol. The molecule has 4 rings (SSSR count). The number of rotatable bonds is 3. The molecular formula is C24H21F3N4O. The van der Waals surface area contributed by atoms with Crippen LogP contribution in [0.1, 0.15) is 49.8 Å². The summed E-state index contributed by atoms with van der Waals surface area (Å²) in [6, 6.07) is 12.6. The summed E-state index contributed by atoms with van der Waals surface area (Å²) in [5, 5.41) is 15.2. The number of carbonyl (C=O) groups excluding carboxylic acids is 1. The topological polar surface area (TPSA) is 72.8 Å². The van der Waals surface area contributed by atoms with Crippen LogP contribution in [0, 0.1) is 32.1 Å². The van der Waals surface area contributed by atoms with Gasteiger partial charge >= 0.3 is 6.18 Å². The lowest BCUT2D eigenvalue weighted by molar-refractivity contribution is -0.137. The molecule has 2 aromatic carbocycles. The Morgan fingerprint density at radius 1 is 1.12 bits per heavy atom. The van der Waals surface area contributed by atoms with Gasteiger partial charge in [-0.3, -0.25) is 9.89 Å². The predicted molar refractivity (Wildman–Crippen MR) is 113 cm³/mol. The summed E-state index contributed by atoms with van der Waals surface area (Å²) in [4.78, 5) is 14.8. The van der Waals surface area contributed by atoms with Gasteiger partial charge in [-0.15, -0.1) is 0 Å². The van der Waals surface area contributed by atoms with E-state index in [9.17, 15) is 18.0 Å². The number of halogens is 3. The highest BCUT2D eigenvalue weighted by molar-refractivity contribution is 5.98. The van der Waals surface area contributed by atoms with Gasteiger partial charge in [0.1, 0.15) is 11.3 Å². The SMILES string of the molecule is Cc1cc(C)c(-c2n[nH]c(C)c2C(F)(F)F)cc1C(=O)N1CC(c2ccc(C#N)cc2)C1. The molecule has 8 heteroatoms. The first-order valence-electron chi connectivity index (χ1n) is 10.1. The van der Waals surface area contributed by atoms with Crippen molar-refractivity contribution in [3.8, 4) is 17.3 Å². The molecule has 0 atom stereocenters. The Morgan fingerprint density at radius 2 is 1.78 bits per heavy atom. The Labute approximate surface area is 183 Å². The quantitative estimate of drug-likeness (QED) is 0.616. The van der Waals surface area contributed by atoms with Crippen molar-refractivity contribution < 1.29 is 18.0 Å². The molecule has 1 saturated heterocycles. The largest absolute Gasteiger partial charge is 0.420 e. The average Bonchev–Trinajstić information content (AvgIpc) is 3.09. The fraction of sp³-hybridized carbons (Fsp3) is 0.292. The maximum Gasteiger partial charge on any atom is 0.420 e. The zero-order valence-electron chi connectivity index (χ0n) is 17.8. The number of nitriles is 1. The number of nitrogens with zero attached hydrogens (tertiary/aromatic N) is 3. The second-order valence-electron chi connectivity index (χ2n) is 8.19. The van der Waals surface area contributed by atoms with E-state index < -0.39 is 11.7 Å². The Hall–Kier alpha value is -3.60. The maximum absolute atomic E-state index is 13.6. The third kappa shape index (κ3) is 3.75. The van der Waals surface area contributed by atoms with E-state index in [1.165, 1.54) is 13.0 Å². The summed E-state index contributed by atoms with van der Waals surface area (Å²) in [5.74, 6) is -0.0443. The van der Waals surface area contributed by atoms with Crippen LogP contribution in [-0.2, 0) is 6.18 Å². The Balaban J connectivity index is 1.60. The van der Waals surface area contributed by atoms with E-state index >= 15 is 0 Å². The maximum atomic E-state index is 13.6. The van der Waals surface area contributed by atoms with E-state index in [-0.39, 0.29) is 23.2 Å². The normalized spacial score (nSPS) is 14.2. The molecule has 1 aliphatic heterocycles. The zero-order chi connectivity index (χ0) is 23.2. The molecule has 3 aromatic rings. The number of amides is 1. The highest BCUT2D eigenvalue weighted by atomic mass is 19.4. The molecule has 1 fully saturated rings. The van der Waals surface area contributed by atoms with Crippen LogP contribution in [-0.4, -0.2) is 34.1 Å². The fourth-order valence-electron chi connectivity index (χ4n) is 4.16. The lowest BCUT2D eigenvalue weighted by Gasteiger charge is -2.40. The molecule has 1 N–H and O–H groups in total. The van der Waals surface area contributed by atoms with Gasteiger partial charge in [0.05, 0.1) is 11.6 Å². The highest BCUT2D eigenvalue weighted by Crippen LogP contribution is 2.40. The van der Waals surface area contributed by atoms with Crippen LogP contribution < -0.4 is 0 Å².